The minimum Gasteiger partial charge on any atom is -0.496 e. The first-order valence-electron chi connectivity index (χ1n) is 40.4. The number of hydrogen-bond acceptors (Lipinski definition) is 8. The fraction of sp³-hybridized carbons (Fsp3) is 0.430. The molecule has 2 aromatic heterocycles. The molecule has 0 aliphatic rings. The summed E-state index contributed by atoms with van der Waals surface area (Å²) in [5.41, 5.74) is 19.0. The van der Waals surface area contributed by atoms with Gasteiger partial charge in [-0.2, -0.15) is 10.4 Å². The highest BCUT2D eigenvalue weighted by Crippen LogP contribution is 2.35. The summed E-state index contributed by atoms with van der Waals surface area (Å²) in [6.07, 6.45) is 5.93. The average Bonchev–Trinajstić information content (AvgIpc) is 0.853. The quantitative estimate of drug-likeness (QED) is 0.0810. The van der Waals surface area contributed by atoms with Crippen molar-refractivity contribution in [2.75, 3.05) is 32.8 Å². The number of anilines is 1. The van der Waals surface area contributed by atoms with Gasteiger partial charge in [0.05, 0.1) is 45.6 Å². The van der Waals surface area contributed by atoms with Gasteiger partial charge in [-0.05, 0) is 275 Å². The van der Waals surface area contributed by atoms with Crippen molar-refractivity contribution in [2.45, 2.75) is 260 Å². The molecular formula is C100H136BrClF2N4O5S. The number of halogens is 4. The molecule has 0 aliphatic carbocycles. The Kier molecular flexibility index (Phi) is 47.7. The second kappa shape index (κ2) is 53.6. The minimum absolute atomic E-state index is 0.0203. The van der Waals surface area contributed by atoms with Gasteiger partial charge >= 0.3 is 0 Å². The van der Waals surface area contributed by atoms with Crippen molar-refractivity contribution in [1.29, 1.82) is 5.26 Å². The van der Waals surface area contributed by atoms with Gasteiger partial charge in [0.2, 0.25) is 5.91 Å². The Balaban J connectivity index is 0.000000437. The summed E-state index contributed by atoms with van der Waals surface area (Å²) in [4.78, 5) is 13.7. The SMILES string of the molecule is CC(=O)Nc1ccccc1C(C)C.CC(C)c1c(F)cccc1F.CC(C)c1ccc(C#N)cc1.CCCOc1ccc(Cl)c(C(C)C)c1.CCOc1ccccc1C(C)C.CCc1cccc(OC)c1C(C)C.COc1cc(C)c(C(C)C)cc1C.Cc1cc(Br)c(C(C)C)s1.Cc1cc(Cn2cccn2)cc(C(C)C)c1C. The number of aryl methyl sites for hydroxylation is 5. The Labute approximate surface area is 705 Å². The first-order chi connectivity index (χ1) is 53.8. The number of rotatable bonds is 20. The van der Waals surface area contributed by atoms with E-state index in [1.807, 2.05) is 126 Å². The van der Waals surface area contributed by atoms with Crippen LogP contribution in [-0.2, 0) is 17.8 Å². The molecule has 0 fully saturated rings. The molecule has 9 nitrogen and oxygen atoms in total. The molecule has 10 rings (SSSR count). The second-order valence-corrected chi connectivity index (χ2v) is 33.5. The maximum Gasteiger partial charge on any atom is 0.221 e. The number of ether oxygens (including phenoxy) is 4. The summed E-state index contributed by atoms with van der Waals surface area (Å²) in [6, 6.07) is 55.0. The summed E-state index contributed by atoms with van der Waals surface area (Å²) in [6.45, 7) is 59.4. The van der Waals surface area contributed by atoms with E-state index in [2.05, 4.69) is 246 Å². The van der Waals surface area contributed by atoms with E-state index in [9.17, 15) is 13.6 Å². The van der Waals surface area contributed by atoms with Gasteiger partial charge in [-0.1, -0.05) is 235 Å². The maximum absolute atomic E-state index is 12.9. The first-order valence-corrected chi connectivity index (χ1v) is 42.4. The molecule has 114 heavy (non-hydrogen) atoms. The number of benzene rings is 8. The van der Waals surface area contributed by atoms with Gasteiger partial charge in [0, 0.05) is 49.8 Å². The third kappa shape index (κ3) is 35.7. The van der Waals surface area contributed by atoms with E-state index in [0.29, 0.717) is 47.3 Å². The third-order valence-electron chi connectivity index (χ3n) is 18.5. The van der Waals surface area contributed by atoms with Gasteiger partial charge in [-0.3, -0.25) is 9.48 Å². The molecule has 0 aliphatic heterocycles. The summed E-state index contributed by atoms with van der Waals surface area (Å²) < 4.78 is 50.6. The number of amides is 1. The molecule has 0 radical (unpaired) electrons. The number of nitrogens with one attached hydrogen (secondary N) is 1. The number of carbonyl (C=O) groups excluding carboxylic acids is 1. The molecule has 0 saturated heterocycles. The van der Waals surface area contributed by atoms with Crippen molar-refractivity contribution in [2.24, 2.45) is 0 Å². The highest BCUT2D eigenvalue weighted by atomic mass is 79.9. The van der Waals surface area contributed by atoms with Crippen molar-refractivity contribution >= 4 is 50.5 Å². The van der Waals surface area contributed by atoms with Crippen LogP contribution in [0.4, 0.5) is 14.5 Å². The zero-order valence-corrected chi connectivity index (χ0v) is 77.4. The Morgan fingerprint density at radius 3 is 1.55 bits per heavy atom. The fourth-order valence-electron chi connectivity index (χ4n) is 12.3. The molecule has 0 atom stereocenters. The molecule has 0 unspecified atom stereocenters. The first kappa shape index (κ1) is 102. The predicted molar refractivity (Wildman–Crippen MR) is 489 cm³/mol. The molecule has 2 heterocycles. The normalized spacial score (nSPS) is 10.5. The van der Waals surface area contributed by atoms with Crippen LogP contribution in [0.5, 0.6) is 23.0 Å². The van der Waals surface area contributed by atoms with E-state index >= 15 is 0 Å². The lowest BCUT2D eigenvalue weighted by Crippen LogP contribution is -2.08. The second-order valence-electron chi connectivity index (χ2n) is 31.0. The number of para-hydroxylation sites is 2. The summed E-state index contributed by atoms with van der Waals surface area (Å²) in [5, 5.41) is 16.4. The van der Waals surface area contributed by atoms with E-state index in [0.717, 1.165) is 77.4 Å². The summed E-state index contributed by atoms with van der Waals surface area (Å²) >= 11 is 11.5. The van der Waals surface area contributed by atoms with Crippen LogP contribution in [0.15, 0.2) is 181 Å². The van der Waals surface area contributed by atoms with E-state index in [1.54, 1.807) is 28.1 Å². The van der Waals surface area contributed by atoms with Crippen molar-refractivity contribution in [3.63, 3.8) is 0 Å². The smallest absolute Gasteiger partial charge is 0.221 e. The molecule has 0 bridgehead atoms. The molecule has 620 valence electrons. The molecule has 1 N–H and O–H groups in total. The standard InChI is InChI=1S/C15H20N2.C12H17ClO.2C12H18O.C11H15NO.C11H16O.C10H11N.C9H10F2.C8H11BrS/c1-11(2)15-9-14(8-12(3)13(15)4)10-17-7-5-6-16-17;1-4-7-14-10-5-6-12(13)11(8-10)9(2)3;1-8(2)11-6-10(4)12(13-5)7-9(11)3;1-5-10-7-6-8-11(13-4)12(10)9(2)3;1-8(2)10-6-4-5-7-11(10)12-9(3)13;1-4-12-11-8-6-5-7-10(11)9(2)3;1-8(2)10-5-3-9(7-11)4-6-10;1-6(2)9-7(10)4-3-5-8(9)11;1-5(2)8-7(9)4-6(3)10-8/h5-9,11H,10H2,1-4H3;5-6,8-9H,4,7H2,1-3H3;6-8H,1-5H3;6-9H,5H2,1-4H3;4-8H,1-3H3,(H,12,13);5-9H,4H2,1-3H3;3-6,8H,1-2H3;3-6H,1-2H3;4-5H,1-3H3. The average molecular weight is 1660 g/mol. The van der Waals surface area contributed by atoms with Crippen LogP contribution in [0.3, 0.4) is 0 Å². The lowest BCUT2D eigenvalue weighted by atomic mass is 9.92. The summed E-state index contributed by atoms with van der Waals surface area (Å²) in [5.74, 6) is 7.21. The van der Waals surface area contributed by atoms with E-state index < -0.39 is 11.6 Å². The third-order valence-corrected chi connectivity index (χ3v) is 21.1. The Hall–Kier alpha value is -8.54. The van der Waals surface area contributed by atoms with Gasteiger partial charge in [0.25, 0.3) is 0 Å². The number of carbonyl (C=O) groups is 1. The molecule has 14 heteroatoms. The maximum atomic E-state index is 12.9. The Morgan fingerprint density at radius 2 is 1.10 bits per heavy atom. The lowest BCUT2D eigenvalue weighted by molar-refractivity contribution is -0.114. The van der Waals surface area contributed by atoms with Crippen LogP contribution in [0.1, 0.15) is 305 Å². The molecular weight excluding hydrogens is 1520 g/mol. The number of methoxy groups -OCH3 is 2. The monoisotopic (exact) mass is 1660 g/mol. The van der Waals surface area contributed by atoms with Crippen LogP contribution < -0.4 is 24.3 Å². The molecule has 1 amide bonds. The number of nitriles is 1. The zero-order chi connectivity index (χ0) is 86.1. The van der Waals surface area contributed by atoms with Crippen LogP contribution in [0.25, 0.3) is 0 Å². The van der Waals surface area contributed by atoms with E-state index in [4.69, 9.17) is 35.8 Å². The number of aromatic nitrogens is 2. The molecule has 8 aromatic carbocycles. The summed E-state index contributed by atoms with van der Waals surface area (Å²) in [7, 11) is 3.46. The molecule has 0 spiro atoms. The van der Waals surface area contributed by atoms with E-state index in [1.165, 1.54) is 106 Å². The highest BCUT2D eigenvalue weighted by Gasteiger charge is 2.15. The van der Waals surface area contributed by atoms with Gasteiger partial charge < -0.3 is 24.3 Å². The Morgan fingerprint density at radius 1 is 0.544 bits per heavy atom. The topological polar surface area (TPSA) is 108 Å². The van der Waals surface area contributed by atoms with Gasteiger partial charge in [-0.15, -0.1) is 11.3 Å². The lowest BCUT2D eigenvalue weighted by Gasteiger charge is -2.15. The van der Waals surface area contributed by atoms with Gasteiger partial charge in [0.1, 0.15) is 34.6 Å². The zero-order valence-electron chi connectivity index (χ0n) is 74.3. The van der Waals surface area contributed by atoms with Crippen molar-refractivity contribution < 1.29 is 32.5 Å². The van der Waals surface area contributed by atoms with Crippen LogP contribution in [-0.4, -0.2) is 43.1 Å². The largest absolute Gasteiger partial charge is 0.496 e. The van der Waals surface area contributed by atoms with Crippen molar-refractivity contribution in [3.8, 4) is 29.1 Å². The Bertz CT molecular complexity index is 4410. The van der Waals surface area contributed by atoms with Crippen LogP contribution in [0.2, 0.25) is 5.02 Å². The van der Waals surface area contributed by atoms with Gasteiger partial charge in [-0.25, -0.2) is 8.78 Å². The fourth-order valence-corrected chi connectivity index (χ4v) is 14.8. The molecule has 0 saturated carbocycles. The van der Waals surface area contributed by atoms with Crippen molar-refractivity contribution in [1.82, 2.24) is 9.78 Å². The van der Waals surface area contributed by atoms with Crippen molar-refractivity contribution in [3.05, 3.63) is 291 Å². The number of thiophene rings is 1. The number of hydrogen-bond donors (Lipinski definition) is 1. The van der Waals surface area contributed by atoms with E-state index in [-0.39, 0.29) is 17.4 Å². The number of nitrogens with zero attached hydrogens (tertiary/aromatic N) is 3. The van der Waals surface area contributed by atoms with Gasteiger partial charge in [0.15, 0.2) is 0 Å². The van der Waals surface area contributed by atoms with Crippen LogP contribution in [0, 0.1) is 57.6 Å². The molecule has 10 aromatic rings. The van der Waals surface area contributed by atoms with Crippen LogP contribution >= 0.6 is 38.9 Å². The minimum atomic E-state index is -0.458. The highest BCUT2D eigenvalue weighted by molar-refractivity contribution is 9.10. The predicted octanol–water partition coefficient (Wildman–Crippen LogP) is 30.4.